The maximum atomic E-state index is 11.3. The maximum Gasteiger partial charge on any atom is 0.347 e. The second-order valence-corrected chi connectivity index (χ2v) is 3.33. The van der Waals surface area contributed by atoms with Crippen LogP contribution >= 0.6 is 0 Å². The highest BCUT2D eigenvalue weighted by Gasteiger charge is 2.15. The maximum absolute atomic E-state index is 11.3. The third kappa shape index (κ3) is 3.62. The summed E-state index contributed by atoms with van der Waals surface area (Å²) in [6.07, 6.45) is -0.563. The smallest absolute Gasteiger partial charge is 0.347 e. The summed E-state index contributed by atoms with van der Waals surface area (Å²) >= 11 is 0. The van der Waals surface area contributed by atoms with Crippen molar-refractivity contribution in [2.75, 3.05) is 6.61 Å². The van der Waals surface area contributed by atoms with Crippen molar-refractivity contribution in [3.05, 3.63) is 29.8 Å². The lowest BCUT2D eigenvalue weighted by molar-refractivity contribution is -0.150. The lowest BCUT2D eigenvalue weighted by Gasteiger charge is -2.13. The van der Waals surface area contributed by atoms with E-state index < -0.39 is 6.10 Å². The molecule has 0 aliphatic rings. The minimum absolute atomic E-state index is 0.334. The average molecular weight is 208 g/mol. The molecule has 3 nitrogen and oxygen atoms in total. The number of benzene rings is 1. The quantitative estimate of drug-likeness (QED) is 0.712. The van der Waals surface area contributed by atoms with Crippen LogP contribution in [0.2, 0.25) is 0 Å². The normalized spacial score (nSPS) is 11.9. The molecule has 0 heterocycles. The average Bonchev–Trinajstić information content (AvgIpc) is 2.18. The summed E-state index contributed by atoms with van der Waals surface area (Å²) < 4.78 is 10.3. The van der Waals surface area contributed by atoms with Gasteiger partial charge in [-0.15, -0.1) is 0 Å². The highest BCUT2D eigenvalue weighted by atomic mass is 16.6. The molecule has 3 heteroatoms. The van der Waals surface area contributed by atoms with Gasteiger partial charge in [0.25, 0.3) is 0 Å². The molecule has 0 aromatic heterocycles. The van der Waals surface area contributed by atoms with Gasteiger partial charge in [0, 0.05) is 0 Å². The first-order valence-corrected chi connectivity index (χ1v) is 5.03. The Morgan fingerprint density at radius 3 is 2.80 bits per heavy atom. The van der Waals surface area contributed by atoms with Crippen LogP contribution in [0.4, 0.5) is 0 Å². The molecule has 1 atom stereocenters. The van der Waals surface area contributed by atoms with Gasteiger partial charge in [-0.05, 0) is 38.5 Å². The highest BCUT2D eigenvalue weighted by molar-refractivity contribution is 5.74. The van der Waals surface area contributed by atoms with Gasteiger partial charge in [0.15, 0.2) is 6.10 Å². The Labute approximate surface area is 90.0 Å². The van der Waals surface area contributed by atoms with Crippen molar-refractivity contribution in [2.24, 2.45) is 0 Å². The zero-order valence-corrected chi connectivity index (χ0v) is 9.32. The standard InChI is InChI=1S/C12H16O3/c1-4-14-12(13)10(3)15-11-7-5-6-9(2)8-11/h5-8,10H,4H2,1-3H3/t10-/m1/s1. The summed E-state index contributed by atoms with van der Waals surface area (Å²) in [5, 5.41) is 0. The zero-order valence-electron chi connectivity index (χ0n) is 9.32. The fraction of sp³-hybridized carbons (Fsp3) is 0.417. The Hall–Kier alpha value is -1.51. The van der Waals surface area contributed by atoms with E-state index >= 15 is 0 Å². The van der Waals surface area contributed by atoms with E-state index in [9.17, 15) is 4.79 Å². The molecule has 0 aliphatic carbocycles. The van der Waals surface area contributed by atoms with Crippen LogP contribution < -0.4 is 4.74 Å². The number of rotatable bonds is 4. The first-order chi connectivity index (χ1) is 7.13. The van der Waals surface area contributed by atoms with Gasteiger partial charge in [-0.25, -0.2) is 4.79 Å². The van der Waals surface area contributed by atoms with Crippen LogP contribution in [-0.4, -0.2) is 18.7 Å². The number of aryl methyl sites for hydroxylation is 1. The SMILES string of the molecule is CCOC(=O)[C@@H](C)Oc1cccc(C)c1. The molecule has 0 amide bonds. The van der Waals surface area contributed by atoms with Crippen LogP contribution in [0.3, 0.4) is 0 Å². The molecule has 82 valence electrons. The fourth-order valence-corrected chi connectivity index (χ4v) is 1.20. The van der Waals surface area contributed by atoms with E-state index in [0.29, 0.717) is 12.4 Å². The first kappa shape index (κ1) is 11.6. The van der Waals surface area contributed by atoms with Crippen LogP contribution in [0.15, 0.2) is 24.3 Å². The second kappa shape index (κ2) is 5.39. The summed E-state index contributed by atoms with van der Waals surface area (Å²) in [6.45, 7) is 5.81. The Morgan fingerprint density at radius 1 is 1.47 bits per heavy atom. The monoisotopic (exact) mass is 208 g/mol. The summed E-state index contributed by atoms with van der Waals surface area (Å²) in [5.41, 5.74) is 1.10. The van der Waals surface area contributed by atoms with E-state index in [1.165, 1.54) is 0 Å². The van der Waals surface area contributed by atoms with Gasteiger partial charge in [-0.1, -0.05) is 12.1 Å². The summed E-state index contributed by atoms with van der Waals surface area (Å²) in [5.74, 6) is 0.356. The minimum atomic E-state index is -0.563. The number of carbonyl (C=O) groups excluding carboxylic acids is 1. The number of ether oxygens (including phenoxy) is 2. The Kier molecular flexibility index (Phi) is 4.16. The Bertz CT molecular complexity index is 333. The molecule has 0 spiro atoms. The van der Waals surface area contributed by atoms with Crippen molar-refractivity contribution in [3.8, 4) is 5.75 Å². The van der Waals surface area contributed by atoms with E-state index in [-0.39, 0.29) is 5.97 Å². The molecule has 0 fully saturated rings. The van der Waals surface area contributed by atoms with E-state index in [1.54, 1.807) is 13.8 Å². The molecule has 15 heavy (non-hydrogen) atoms. The third-order valence-electron chi connectivity index (χ3n) is 1.92. The molecule has 0 N–H and O–H groups in total. The number of esters is 1. The summed E-state index contributed by atoms with van der Waals surface area (Å²) in [7, 11) is 0. The molecule has 0 aliphatic heterocycles. The van der Waals surface area contributed by atoms with Crippen molar-refractivity contribution >= 4 is 5.97 Å². The van der Waals surface area contributed by atoms with E-state index in [0.717, 1.165) is 5.56 Å². The van der Waals surface area contributed by atoms with Crippen molar-refractivity contribution in [2.45, 2.75) is 26.9 Å². The molecule has 0 bridgehead atoms. The largest absolute Gasteiger partial charge is 0.479 e. The van der Waals surface area contributed by atoms with Crippen molar-refractivity contribution < 1.29 is 14.3 Å². The third-order valence-corrected chi connectivity index (χ3v) is 1.92. The Morgan fingerprint density at radius 2 is 2.20 bits per heavy atom. The highest BCUT2D eigenvalue weighted by Crippen LogP contribution is 2.14. The lowest BCUT2D eigenvalue weighted by atomic mass is 10.2. The minimum Gasteiger partial charge on any atom is -0.479 e. The van der Waals surface area contributed by atoms with Gasteiger partial charge in [-0.3, -0.25) is 0 Å². The van der Waals surface area contributed by atoms with Crippen LogP contribution in [0.1, 0.15) is 19.4 Å². The van der Waals surface area contributed by atoms with Crippen LogP contribution in [0.25, 0.3) is 0 Å². The predicted molar refractivity (Wildman–Crippen MR) is 57.9 cm³/mol. The summed E-state index contributed by atoms with van der Waals surface area (Å²) in [4.78, 5) is 11.3. The molecule has 1 aromatic carbocycles. The molecule has 1 rings (SSSR count). The number of carbonyl (C=O) groups is 1. The molecular formula is C12H16O3. The van der Waals surface area contributed by atoms with Crippen molar-refractivity contribution in [3.63, 3.8) is 0 Å². The van der Waals surface area contributed by atoms with Crippen LogP contribution in [0, 0.1) is 6.92 Å². The van der Waals surface area contributed by atoms with Crippen molar-refractivity contribution in [1.29, 1.82) is 0 Å². The van der Waals surface area contributed by atoms with Crippen LogP contribution in [-0.2, 0) is 9.53 Å². The van der Waals surface area contributed by atoms with E-state index in [2.05, 4.69) is 0 Å². The fourth-order valence-electron chi connectivity index (χ4n) is 1.20. The van der Waals surface area contributed by atoms with Gasteiger partial charge in [0.1, 0.15) is 5.75 Å². The molecule has 0 radical (unpaired) electrons. The number of hydrogen-bond acceptors (Lipinski definition) is 3. The number of hydrogen-bond donors (Lipinski definition) is 0. The first-order valence-electron chi connectivity index (χ1n) is 5.03. The summed E-state index contributed by atoms with van der Waals surface area (Å²) in [6, 6.07) is 7.57. The topological polar surface area (TPSA) is 35.5 Å². The van der Waals surface area contributed by atoms with Crippen LogP contribution in [0.5, 0.6) is 5.75 Å². The zero-order chi connectivity index (χ0) is 11.3. The molecular weight excluding hydrogens is 192 g/mol. The molecule has 1 aromatic rings. The van der Waals surface area contributed by atoms with Gasteiger partial charge in [0.2, 0.25) is 0 Å². The van der Waals surface area contributed by atoms with Gasteiger partial charge in [0.05, 0.1) is 6.61 Å². The molecule has 0 unspecified atom stereocenters. The van der Waals surface area contributed by atoms with E-state index in [4.69, 9.17) is 9.47 Å². The van der Waals surface area contributed by atoms with E-state index in [1.807, 2.05) is 31.2 Å². The van der Waals surface area contributed by atoms with Gasteiger partial charge < -0.3 is 9.47 Å². The molecule has 0 saturated carbocycles. The Balaban J connectivity index is 2.58. The second-order valence-electron chi connectivity index (χ2n) is 3.33. The van der Waals surface area contributed by atoms with Gasteiger partial charge in [-0.2, -0.15) is 0 Å². The van der Waals surface area contributed by atoms with Crippen molar-refractivity contribution in [1.82, 2.24) is 0 Å². The predicted octanol–water partition coefficient (Wildman–Crippen LogP) is 2.33. The lowest BCUT2D eigenvalue weighted by Crippen LogP contribution is -2.26. The molecule has 0 saturated heterocycles. The van der Waals surface area contributed by atoms with Gasteiger partial charge >= 0.3 is 5.97 Å².